The number of carbonyl (C=O) groups excluding carboxylic acids is 2. The summed E-state index contributed by atoms with van der Waals surface area (Å²) < 4.78 is 47.2. The van der Waals surface area contributed by atoms with Crippen LogP contribution >= 0.6 is 0 Å². The molecule has 0 N–H and O–H groups in total. The first-order chi connectivity index (χ1) is 11.9. The van der Waals surface area contributed by atoms with E-state index in [-0.39, 0.29) is 13.0 Å². The number of hydrogen-bond donors (Lipinski definition) is 0. The Labute approximate surface area is 151 Å². The number of alkyl halides is 3. The van der Waals surface area contributed by atoms with Gasteiger partial charge < -0.3 is 14.4 Å². The molecule has 0 aliphatic heterocycles. The summed E-state index contributed by atoms with van der Waals surface area (Å²) in [6.07, 6.45) is -5.81. The van der Waals surface area contributed by atoms with Crippen molar-refractivity contribution in [3.05, 3.63) is 29.8 Å². The molecule has 1 rings (SSSR count). The standard InChI is InChI=1S/C18H24F3NO4/c1-17(2,3)26-16(24)22(4)11-12-25-14-8-5-13(6-9-14)7-10-15(23)18(19,20)21/h5-6,8-9H,7,10-12H2,1-4H3. The highest BCUT2D eigenvalue weighted by molar-refractivity contribution is 5.84. The van der Waals surface area contributed by atoms with E-state index in [1.54, 1.807) is 52.1 Å². The zero-order valence-electron chi connectivity index (χ0n) is 15.4. The summed E-state index contributed by atoms with van der Waals surface area (Å²) in [5, 5.41) is 0. The van der Waals surface area contributed by atoms with Gasteiger partial charge in [-0.3, -0.25) is 4.79 Å². The average Bonchev–Trinajstić information content (AvgIpc) is 2.51. The number of ether oxygens (including phenoxy) is 2. The van der Waals surface area contributed by atoms with Crippen LogP contribution in [0.5, 0.6) is 5.75 Å². The van der Waals surface area contributed by atoms with Gasteiger partial charge in [-0.25, -0.2) is 4.79 Å². The molecule has 0 aliphatic carbocycles. The Morgan fingerprint density at radius 1 is 1.08 bits per heavy atom. The van der Waals surface area contributed by atoms with Gasteiger partial charge in [-0.1, -0.05) is 12.1 Å². The minimum atomic E-state index is -4.79. The maximum Gasteiger partial charge on any atom is 0.449 e. The zero-order valence-corrected chi connectivity index (χ0v) is 15.4. The fourth-order valence-corrected chi connectivity index (χ4v) is 1.88. The first-order valence-corrected chi connectivity index (χ1v) is 8.14. The van der Waals surface area contributed by atoms with Crippen LogP contribution in [-0.4, -0.2) is 48.8 Å². The highest BCUT2D eigenvalue weighted by atomic mass is 19.4. The monoisotopic (exact) mass is 375 g/mol. The maximum absolute atomic E-state index is 12.2. The Morgan fingerprint density at radius 2 is 1.65 bits per heavy atom. The van der Waals surface area contributed by atoms with Crippen molar-refractivity contribution >= 4 is 11.9 Å². The summed E-state index contributed by atoms with van der Waals surface area (Å²) in [5.74, 6) is -1.21. The number of hydrogen-bond acceptors (Lipinski definition) is 4. The van der Waals surface area contributed by atoms with Crippen molar-refractivity contribution in [3.63, 3.8) is 0 Å². The SMILES string of the molecule is CN(CCOc1ccc(CCC(=O)C(F)(F)F)cc1)C(=O)OC(C)(C)C. The Morgan fingerprint density at radius 3 is 2.15 bits per heavy atom. The maximum atomic E-state index is 12.2. The predicted molar refractivity (Wildman–Crippen MR) is 90.2 cm³/mol. The summed E-state index contributed by atoms with van der Waals surface area (Å²) in [5.41, 5.74) is 0.0380. The van der Waals surface area contributed by atoms with Crippen molar-refractivity contribution in [3.8, 4) is 5.75 Å². The molecule has 8 heteroatoms. The second kappa shape index (κ2) is 8.91. The van der Waals surface area contributed by atoms with Crippen LogP contribution in [0.25, 0.3) is 0 Å². The molecule has 5 nitrogen and oxygen atoms in total. The van der Waals surface area contributed by atoms with Gasteiger partial charge in [0, 0.05) is 13.5 Å². The van der Waals surface area contributed by atoms with Crippen molar-refractivity contribution in [2.24, 2.45) is 0 Å². The molecule has 1 aromatic rings. The fourth-order valence-electron chi connectivity index (χ4n) is 1.88. The van der Waals surface area contributed by atoms with Gasteiger partial charge in [0.25, 0.3) is 0 Å². The van der Waals surface area contributed by atoms with Gasteiger partial charge >= 0.3 is 12.3 Å². The van der Waals surface area contributed by atoms with Crippen molar-refractivity contribution in [1.29, 1.82) is 0 Å². The summed E-state index contributed by atoms with van der Waals surface area (Å²) in [6.45, 7) is 5.88. The van der Waals surface area contributed by atoms with E-state index in [2.05, 4.69) is 0 Å². The number of rotatable bonds is 7. The minimum absolute atomic E-state index is 0.0139. The number of carbonyl (C=O) groups is 2. The first-order valence-electron chi connectivity index (χ1n) is 8.14. The zero-order chi connectivity index (χ0) is 20.0. The van der Waals surface area contributed by atoms with Crippen LogP contribution in [-0.2, 0) is 16.0 Å². The van der Waals surface area contributed by atoms with E-state index in [0.717, 1.165) is 0 Å². The van der Waals surface area contributed by atoms with Crippen molar-refractivity contribution < 1.29 is 32.2 Å². The highest BCUT2D eigenvalue weighted by Gasteiger charge is 2.37. The molecule has 0 aliphatic rings. The molecule has 1 amide bonds. The van der Waals surface area contributed by atoms with Gasteiger partial charge in [0.1, 0.15) is 18.0 Å². The Kier molecular flexibility index (Phi) is 7.47. The molecule has 0 saturated heterocycles. The number of likely N-dealkylation sites (N-methyl/N-ethyl adjacent to an activating group) is 1. The van der Waals surface area contributed by atoms with Crippen LogP contribution in [0.4, 0.5) is 18.0 Å². The molecule has 146 valence electrons. The summed E-state index contributed by atoms with van der Waals surface area (Å²) >= 11 is 0. The highest BCUT2D eigenvalue weighted by Crippen LogP contribution is 2.20. The average molecular weight is 375 g/mol. The van der Waals surface area contributed by atoms with Crippen LogP contribution in [0.15, 0.2) is 24.3 Å². The number of Topliss-reactive ketones (excluding diaryl/α,β-unsaturated/α-hetero) is 1. The second-order valence-electron chi connectivity index (χ2n) is 6.82. The Hall–Kier alpha value is -2.25. The molecule has 0 heterocycles. The van der Waals surface area contributed by atoms with Crippen molar-refractivity contribution in [2.45, 2.75) is 45.4 Å². The normalized spacial score (nSPS) is 11.8. The molecule has 0 radical (unpaired) electrons. The number of ketones is 1. The molecule has 0 bridgehead atoms. The lowest BCUT2D eigenvalue weighted by Crippen LogP contribution is -2.36. The minimum Gasteiger partial charge on any atom is -0.492 e. The molecular formula is C18H24F3NO4. The number of benzene rings is 1. The summed E-state index contributed by atoms with van der Waals surface area (Å²) in [6, 6.07) is 6.44. The molecule has 26 heavy (non-hydrogen) atoms. The van der Waals surface area contributed by atoms with Gasteiger partial charge in [-0.2, -0.15) is 13.2 Å². The van der Waals surface area contributed by atoms with E-state index in [0.29, 0.717) is 17.9 Å². The third-order valence-corrected chi connectivity index (χ3v) is 3.28. The van der Waals surface area contributed by atoms with Gasteiger partial charge in [0.15, 0.2) is 0 Å². The largest absolute Gasteiger partial charge is 0.492 e. The predicted octanol–water partition coefficient (Wildman–Crippen LogP) is 4.00. The number of amides is 1. The number of halogens is 3. The lowest BCUT2D eigenvalue weighted by molar-refractivity contribution is -0.171. The van der Waals surface area contributed by atoms with E-state index in [9.17, 15) is 22.8 Å². The summed E-state index contributed by atoms with van der Waals surface area (Å²) in [7, 11) is 1.60. The molecule has 0 fully saturated rings. The molecule has 0 unspecified atom stereocenters. The van der Waals surface area contributed by atoms with Crippen molar-refractivity contribution in [2.75, 3.05) is 20.2 Å². The van der Waals surface area contributed by atoms with Gasteiger partial charge in [0.2, 0.25) is 5.78 Å². The molecule has 0 spiro atoms. The third kappa shape index (κ3) is 8.22. The molecule has 0 saturated carbocycles. The van der Waals surface area contributed by atoms with E-state index in [4.69, 9.17) is 9.47 Å². The van der Waals surface area contributed by atoms with E-state index >= 15 is 0 Å². The summed E-state index contributed by atoms with van der Waals surface area (Å²) in [4.78, 5) is 24.0. The number of aryl methyl sites for hydroxylation is 1. The Bertz CT molecular complexity index is 606. The lowest BCUT2D eigenvalue weighted by Gasteiger charge is -2.24. The first kappa shape index (κ1) is 21.8. The molecule has 0 atom stereocenters. The van der Waals surface area contributed by atoms with Crippen LogP contribution in [0, 0.1) is 0 Å². The van der Waals surface area contributed by atoms with E-state index in [1.165, 1.54) is 4.90 Å². The molecule has 0 aromatic heterocycles. The van der Waals surface area contributed by atoms with Crippen LogP contribution < -0.4 is 4.74 Å². The third-order valence-electron chi connectivity index (χ3n) is 3.28. The lowest BCUT2D eigenvalue weighted by atomic mass is 10.1. The topological polar surface area (TPSA) is 55.8 Å². The quantitative estimate of drug-likeness (QED) is 0.723. The van der Waals surface area contributed by atoms with Crippen LogP contribution in [0.3, 0.4) is 0 Å². The molecular weight excluding hydrogens is 351 g/mol. The van der Waals surface area contributed by atoms with Gasteiger partial charge in [-0.05, 0) is 44.9 Å². The van der Waals surface area contributed by atoms with Crippen LogP contribution in [0.1, 0.15) is 32.8 Å². The molecule has 1 aromatic carbocycles. The smallest absolute Gasteiger partial charge is 0.449 e. The van der Waals surface area contributed by atoms with E-state index in [1.807, 2.05) is 0 Å². The van der Waals surface area contributed by atoms with Crippen molar-refractivity contribution in [1.82, 2.24) is 4.90 Å². The number of nitrogens with zero attached hydrogens (tertiary/aromatic N) is 1. The van der Waals surface area contributed by atoms with E-state index < -0.39 is 30.1 Å². The second-order valence-corrected chi connectivity index (χ2v) is 6.82. The Balaban J connectivity index is 2.39. The van der Waals surface area contributed by atoms with Gasteiger partial charge in [-0.15, -0.1) is 0 Å². The van der Waals surface area contributed by atoms with Crippen LogP contribution in [0.2, 0.25) is 0 Å². The fraction of sp³-hybridized carbons (Fsp3) is 0.556. The van der Waals surface area contributed by atoms with Gasteiger partial charge in [0.05, 0.1) is 6.54 Å².